The van der Waals surface area contributed by atoms with E-state index in [1.807, 2.05) is 0 Å². The number of hydrogen-bond acceptors (Lipinski definition) is 5. The van der Waals surface area contributed by atoms with Gasteiger partial charge in [-0.3, -0.25) is 14.3 Å². The topological polar surface area (TPSA) is 95.9 Å². The number of nitrogens with one attached hydrogen (secondary N) is 1. The summed E-state index contributed by atoms with van der Waals surface area (Å²) in [6.45, 7) is 1.24. The highest BCUT2D eigenvalue weighted by Gasteiger charge is 2.34. The maximum absolute atomic E-state index is 14.2. The number of hydrogen-bond donors (Lipinski definition) is 2. The second kappa shape index (κ2) is 7.49. The number of carbonyl (C=O) groups excluding carboxylic acids is 1. The first kappa shape index (κ1) is 18.7. The molecule has 0 aliphatic rings. The summed E-state index contributed by atoms with van der Waals surface area (Å²) in [4.78, 5) is 11.6. The summed E-state index contributed by atoms with van der Waals surface area (Å²) in [6, 6.07) is 9.19. The van der Waals surface area contributed by atoms with Crippen LogP contribution in [0.2, 0.25) is 0 Å². The fourth-order valence-corrected chi connectivity index (χ4v) is 3.86. The van der Waals surface area contributed by atoms with E-state index in [1.54, 1.807) is 0 Å². The van der Waals surface area contributed by atoms with Crippen molar-refractivity contribution in [1.29, 1.82) is 0 Å². The summed E-state index contributed by atoms with van der Waals surface area (Å²) in [5.41, 5.74) is 1.08. The number of nitrogens with zero attached hydrogens (tertiary/aromatic N) is 1. The molecule has 0 heterocycles. The molecule has 2 rings (SSSR count). The first-order chi connectivity index (χ1) is 11.8. The van der Waals surface area contributed by atoms with Crippen molar-refractivity contribution >= 4 is 21.6 Å². The third-order valence-electron chi connectivity index (χ3n) is 3.55. The van der Waals surface area contributed by atoms with E-state index in [4.69, 9.17) is 9.94 Å². The molecular weight excluding hydrogens is 351 g/mol. The third kappa shape index (κ3) is 3.72. The predicted molar refractivity (Wildman–Crippen MR) is 88.5 cm³/mol. The van der Waals surface area contributed by atoms with Gasteiger partial charge in [0.2, 0.25) is 0 Å². The van der Waals surface area contributed by atoms with Crippen LogP contribution < -0.4 is 14.5 Å². The maximum atomic E-state index is 14.2. The zero-order chi connectivity index (χ0) is 18.6. The zero-order valence-corrected chi connectivity index (χ0v) is 14.3. The van der Waals surface area contributed by atoms with Crippen LogP contribution in [-0.2, 0) is 14.8 Å². The summed E-state index contributed by atoms with van der Waals surface area (Å²) in [7, 11) is -2.86. The number of carbonyl (C=O) groups is 1. The minimum absolute atomic E-state index is 0.158. The molecule has 0 aliphatic carbocycles. The second-order valence-corrected chi connectivity index (χ2v) is 6.89. The zero-order valence-electron chi connectivity index (χ0n) is 13.5. The van der Waals surface area contributed by atoms with E-state index < -0.39 is 27.8 Å². The van der Waals surface area contributed by atoms with E-state index in [-0.39, 0.29) is 10.6 Å². The van der Waals surface area contributed by atoms with Crippen LogP contribution in [0, 0.1) is 5.82 Å². The SMILES string of the molecule is COc1ccc(S(=O)(=O)N(c2ccccc2F)C(C)C(=O)NO)cc1. The van der Waals surface area contributed by atoms with Gasteiger partial charge in [-0.25, -0.2) is 18.3 Å². The molecule has 0 aliphatic heterocycles. The fourth-order valence-electron chi connectivity index (χ4n) is 2.24. The van der Waals surface area contributed by atoms with Gasteiger partial charge in [0.15, 0.2) is 0 Å². The van der Waals surface area contributed by atoms with Crippen LogP contribution in [0.1, 0.15) is 6.92 Å². The van der Waals surface area contributed by atoms with Gasteiger partial charge < -0.3 is 4.74 Å². The fraction of sp³-hybridized carbons (Fsp3) is 0.188. The number of rotatable bonds is 6. The Labute approximate surface area is 144 Å². The molecule has 0 spiro atoms. The van der Waals surface area contributed by atoms with Gasteiger partial charge in [0.1, 0.15) is 17.6 Å². The van der Waals surface area contributed by atoms with Gasteiger partial charge in [-0.1, -0.05) is 12.1 Å². The predicted octanol–water partition coefficient (Wildman–Crippen LogP) is 1.92. The summed E-state index contributed by atoms with van der Waals surface area (Å²) in [5.74, 6) is -1.38. The van der Waals surface area contributed by atoms with Crippen molar-refractivity contribution in [2.24, 2.45) is 0 Å². The van der Waals surface area contributed by atoms with E-state index in [9.17, 15) is 17.6 Å². The molecule has 25 heavy (non-hydrogen) atoms. The van der Waals surface area contributed by atoms with Crippen LogP contribution >= 0.6 is 0 Å². The number of para-hydroxylation sites is 1. The molecule has 2 aromatic carbocycles. The number of halogens is 1. The lowest BCUT2D eigenvalue weighted by molar-refractivity contribution is -0.129. The molecule has 1 unspecified atom stereocenters. The number of amides is 1. The Hall–Kier alpha value is -2.65. The standard InChI is InChI=1S/C16H17FN2O5S/c1-11(16(20)18-21)19(15-6-4-3-5-14(15)17)25(22,23)13-9-7-12(24-2)8-10-13/h3-11,21H,1-2H3,(H,18,20). The highest BCUT2D eigenvalue weighted by molar-refractivity contribution is 7.93. The number of methoxy groups -OCH3 is 1. The van der Waals surface area contributed by atoms with E-state index >= 15 is 0 Å². The molecule has 1 amide bonds. The van der Waals surface area contributed by atoms with Gasteiger partial charge in [-0.2, -0.15) is 0 Å². The maximum Gasteiger partial charge on any atom is 0.266 e. The molecule has 0 aromatic heterocycles. The van der Waals surface area contributed by atoms with Gasteiger partial charge in [0, 0.05) is 0 Å². The number of ether oxygens (including phenoxy) is 1. The number of benzene rings is 2. The molecule has 0 saturated heterocycles. The molecule has 9 heteroatoms. The van der Waals surface area contributed by atoms with Crippen molar-refractivity contribution in [2.45, 2.75) is 17.9 Å². The number of anilines is 1. The van der Waals surface area contributed by atoms with E-state index in [1.165, 1.54) is 62.0 Å². The second-order valence-electron chi connectivity index (χ2n) is 5.08. The van der Waals surface area contributed by atoms with Gasteiger partial charge >= 0.3 is 0 Å². The van der Waals surface area contributed by atoms with Gasteiger partial charge in [-0.05, 0) is 43.3 Å². The quantitative estimate of drug-likeness (QED) is 0.600. The van der Waals surface area contributed by atoms with Crippen LogP contribution in [0.4, 0.5) is 10.1 Å². The Kier molecular flexibility index (Phi) is 5.60. The summed E-state index contributed by atoms with van der Waals surface area (Å²) < 4.78 is 45.8. The van der Waals surface area contributed by atoms with Crippen LogP contribution in [0.15, 0.2) is 53.4 Å². The normalized spacial score (nSPS) is 12.3. The average Bonchev–Trinajstić information content (AvgIpc) is 2.62. The van der Waals surface area contributed by atoms with Crippen molar-refractivity contribution in [3.63, 3.8) is 0 Å². The molecule has 0 radical (unpaired) electrons. The Bertz CT molecular complexity index is 855. The summed E-state index contributed by atoms with van der Waals surface area (Å²) >= 11 is 0. The van der Waals surface area contributed by atoms with Gasteiger partial charge in [0.05, 0.1) is 17.7 Å². The van der Waals surface area contributed by atoms with Crippen molar-refractivity contribution in [1.82, 2.24) is 5.48 Å². The Morgan fingerprint density at radius 2 is 1.80 bits per heavy atom. The smallest absolute Gasteiger partial charge is 0.266 e. The van der Waals surface area contributed by atoms with E-state index in [0.717, 1.165) is 6.07 Å². The summed E-state index contributed by atoms with van der Waals surface area (Å²) in [5, 5.41) is 8.84. The van der Waals surface area contributed by atoms with Crippen molar-refractivity contribution < 1.29 is 27.5 Å². The van der Waals surface area contributed by atoms with Gasteiger partial charge in [-0.15, -0.1) is 0 Å². The average molecular weight is 368 g/mol. The number of sulfonamides is 1. The van der Waals surface area contributed by atoms with Crippen molar-refractivity contribution in [2.75, 3.05) is 11.4 Å². The lowest BCUT2D eigenvalue weighted by atomic mass is 10.2. The summed E-state index contributed by atoms with van der Waals surface area (Å²) in [6.07, 6.45) is 0. The molecule has 1 atom stereocenters. The van der Waals surface area contributed by atoms with Crippen LogP contribution in [0.5, 0.6) is 5.75 Å². The van der Waals surface area contributed by atoms with Crippen LogP contribution in [-0.4, -0.2) is 32.7 Å². The highest BCUT2D eigenvalue weighted by atomic mass is 32.2. The minimum atomic E-state index is -4.29. The first-order valence-electron chi connectivity index (χ1n) is 7.20. The molecule has 2 aromatic rings. The highest BCUT2D eigenvalue weighted by Crippen LogP contribution is 2.29. The van der Waals surface area contributed by atoms with Crippen molar-refractivity contribution in [3.8, 4) is 5.75 Å². The molecule has 0 saturated carbocycles. The first-order valence-corrected chi connectivity index (χ1v) is 8.64. The third-order valence-corrected chi connectivity index (χ3v) is 5.45. The Morgan fingerprint density at radius 1 is 1.20 bits per heavy atom. The van der Waals surface area contributed by atoms with E-state index in [2.05, 4.69) is 0 Å². The largest absolute Gasteiger partial charge is 0.497 e. The molecular formula is C16H17FN2O5S. The lowest BCUT2D eigenvalue weighted by Crippen LogP contribution is -2.47. The molecule has 2 N–H and O–H groups in total. The van der Waals surface area contributed by atoms with Crippen LogP contribution in [0.25, 0.3) is 0 Å². The lowest BCUT2D eigenvalue weighted by Gasteiger charge is -2.29. The molecule has 0 fully saturated rings. The van der Waals surface area contributed by atoms with E-state index in [0.29, 0.717) is 10.1 Å². The van der Waals surface area contributed by atoms with Crippen LogP contribution in [0.3, 0.4) is 0 Å². The molecule has 7 nitrogen and oxygen atoms in total. The number of hydroxylamine groups is 1. The van der Waals surface area contributed by atoms with Crippen molar-refractivity contribution in [3.05, 3.63) is 54.3 Å². The monoisotopic (exact) mass is 368 g/mol. The molecule has 134 valence electrons. The Morgan fingerprint density at radius 3 is 2.32 bits per heavy atom. The van der Waals surface area contributed by atoms with Gasteiger partial charge in [0.25, 0.3) is 15.9 Å². The minimum Gasteiger partial charge on any atom is -0.497 e. The molecule has 0 bridgehead atoms. The Balaban J connectivity index is 2.61.